The highest BCUT2D eigenvalue weighted by molar-refractivity contribution is 5.76. The van der Waals surface area contributed by atoms with E-state index >= 15 is 0 Å². The van der Waals surface area contributed by atoms with E-state index in [0.717, 1.165) is 83.5 Å². The van der Waals surface area contributed by atoms with Gasteiger partial charge in [-0.1, -0.05) is 191 Å². The van der Waals surface area contributed by atoms with Crippen molar-refractivity contribution in [2.24, 2.45) is 0 Å². The summed E-state index contributed by atoms with van der Waals surface area (Å²) in [7, 11) is 0. The number of aliphatic hydroxyl groups excluding tert-OH is 11. The number of ether oxygens (including phenoxy) is 6. The van der Waals surface area contributed by atoms with Crippen LogP contribution in [0.2, 0.25) is 0 Å². The number of amides is 1. The summed E-state index contributed by atoms with van der Waals surface area (Å²) >= 11 is 0. The van der Waals surface area contributed by atoms with Gasteiger partial charge in [0, 0.05) is 6.42 Å². The summed E-state index contributed by atoms with van der Waals surface area (Å²) in [6.45, 7) is 1.66. The Morgan fingerprint density at radius 3 is 1.35 bits per heavy atom. The summed E-state index contributed by atoms with van der Waals surface area (Å²) < 4.78 is 34.3. The van der Waals surface area contributed by atoms with Gasteiger partial charge in [0.15, 0.2) is 18.9 Å². The number of unbranched alkanes of at least 4 members (excludes halogenated alkanes) is 21. The predicted octanol–water partition coefficient (Wildman–Crippen LogP) is 5.87. The first-order valence-electron chi connectivity index (χ1n) is 30.9. The van der Waals surface area contributed by atoms with E-state index in [-0.39, 0.29) is 18.9 Å². The highest BCUT2D eigenvalue weighted by Gasteiger charge is 2.53. The van der Waals surface area contributed by atoms with Crippen LogP contribution < -0.4 is 5.32 Å². The smallest absolute Gasteiger partial charge is 0.220 e. The molecule has 0 radical (unpaired) electrons. The second kappa shape index (κ2) is 44.3. The molecule has 17 atom stereocenters. The van der Waals surface area contributed by atoms with Crippen molar-refractivity contribution >= 4 is 5.91 Å². The van der Waals surface area contributed by atoms with Crippen molar-refractivity contribution in [2.75, 3.05) is 26.4 Å². The van der Waals surface area contributed by atoms with E-state index in [9.17, 15) is 61.0 Å². The molecule has 19 heteroatoms. The third kappa shape index (κ3) is 27.6. The first-order valence-corrected chi connectivity index (χ1v) is 30.9. The van der Waals surface area contributed by atoms with Gasteiger partial charge < -0.3 is 89.9 Å². The van der Waals surface area contributed by atoms with Crippen molar-refractivity contribution < 1.29 is 89.4 Å². The largest absolute Gasteiger partial charge is 0.394 e. The second-order valence-corrected chi connectivity index (χ2v) is 22.1. The van der Waals surface area contributed by atoms with Gasteiger partial charge in [0.25, 0.3) is 0 Å². The second-order valence-electron chi connectivity index (χ2n) is 22.1. The summed E-state index contributed by atoms with van der Waals surface area (Å²) in [5.41, 5.74) is 0. The molecule has 0 aromatic rings. The van der Waals surface area contributed by atoms with Gasteiger partial charge in [-0.05, 0) is 51.4 Å². The van der Waals surface area contributed by atoms with Crippen LogP contribution in [0.25, 0.3) is 0 Å². The molecule has 0 aliphatic carbocycles. The van der Waals surface area contributed by atoms with Crippen LogP contribution in [-0.2, 0) is 33.2 Å². The van der Waals surface area contributed by atoms with Crippen molar-refractivity contribution in [1.82, 2.24) is 5.32 Å². The van der Waals surface area contributed by atoms with Crippen LogP contribution in [0.3, 0.4) is 0 Å². The first-order chi connectivity index (χ1) is 38.8. The van der Waals surface area contributed by atoms with Crippen molar-refractivity contribution in [2.45, 2.75) is 304 Å². The molecule has 3 aliphatic heterocycles. The molecule has 0 aromatic heterocycles. The Labute approximate surface area is 478 Å². The third-order valence-corrected chi connectivity index (χ3v) is 15.4. The van der Waals surface area contributed by atoms with E-state index in [4.69, 9.17) is 28.4 Å². The number of hydrogen-bond acceptors (Lipinski definition) is 18. The van der Waals surface area contributed by atoms with Gasteiger partial charge in [0.05, 0.1) is 38.6 Å². The molecule has 0 saturated carbocycles. The number of hydrogen-bond donors (Lipinski definition) is 12. The molecule has 3 saturated heterocycles. The van der Waals surface area contributed by atoms with Crippen LogP contribution in [0.15, 0.2) is 48.6 Å². The fraction of sp³-hybridized carbons (Fsp3) is 0.852. The van der Waals surface area contributed by atoms with Crippen LogP contribution in [0, 0.1) is 0 Å². The topological polar surface area (TPSA) is 307 Å². The summed E-state index contributed by atoms with van der Waals surface area (Å²) in [5, 5.41) is 120. The zero-order valence-electron chi connectivity index (χ0n) is 48.5. The van der Waals surface area contributed by atoms with Gasteiger partial charge in [-0.2, -0.15) is 0 Å². The molecular formula is C61H109NO18. The van der Waals surface area contributed by atoms with Crippen LogP contribution in [-0.4, -0.2) is 193 Å². The van der Waals surface area contributed by atoms with Crippen LogP contribution in [0.1, 0.15) is 200 Å². The molecule has 12 N–H and O–H groups in total. The predicted molar refractivity (Wildman–Crippen MR) is 305 cm³/mol. The van der Waals surface area contributed by atoms with Gasteiger partial charge in [-0.25, -0.2) is 0 Å². The zero-order chi connectivity index (χ0) is 58.3. The molecule has 3 aliphatic rings. The minimum Gasteiger partial charge on any atom is -0.394 e. The Balaban J connectivity index is 1.45. The van der Waals surface area contributed by atoms with E-state index in [1.165, 1.54) is 83.5 Å². The quantitative estimate of drug-likeness (QED) is 0.0250. The molecule has 17 unspecified atom stereocenters. The van der Waals surface area contributed by atoms with Crippen molar-refractivity contribution in [3.05, 3.63) is 48.6 Å². The molecule has 3 heterocycles. The standard InChI is InChI=1S/C61H109NO18/c1-3-5-7-9-11-13-15-17-18-19-20-21-22-23-24-25-26-27-29-31-33-35-37-39-49(67)62-44(45(66)38-36-34-32-30-28-16-14-12-10-8-6-4-2)43-75-59-55(73)52(70)57(47(41-64)77-59)80-61-56(74)53(71)58(48(42-65)78-61)79-60-54(72)51(69)50(68)46(40-63)76-60/h5,7,11,13,17-18,20-21,44-48,50-61,63-66,68-74H,3-4,6,8-10,12,14-16,19,22-43H2,1-2H3,(H,62,67)/b7-5-,13-11-,18-17-,21-20-. The fourth-order valence-corrected chi connectivity index (χ4v) is 10.4. The van der Waals surface area contributed by atoms with E-state index in [2.05, 4.69) is 67.8 Å². The van der Waals surface area contributed by atoms with Crippen molar-refractivity contribution in [3.8, 4) is 0 Å². The molecule has 0 aromatic carbocycles. The van der Waals surface area contributed by atoms with Gasteiger partial charge in [0.2, 0.25) is 5.91 Å². The number of aliphatic hydroxyl groups is 11. The molecule has 3 fully saturated rings. The number of carbonyl (C=O) groups is 1. The summed E-state index contributed by atoms with van der Waals surface area (Å²) in [6.07, 6.45) is 21.9. The number of allylic oxidation sites excluding steroid dienone is 8. The Bertz CT molecular complexity index is 1650. The van der Waals surface area contributed by atoms with Crippen molar-refractivity contribution in [1.29, 1.82) is 0 Å². The number of carbonyl (C=O) groups excluding carboxylic acids is 1. The molecular weight excluding hydrogens is 1030 g/mol. The van der Waals surface area contributed by atoms with Crippen LogP contribution in [0.4, 0.5) is 0 Å². The lowest BCUT2D eigenvalue weighted by molar-refractivity contribution is -0.379. The molecule has 19 nitrogen and oxygen atoms in total. The van der Waals surface area contributed by atoms with E-state index in [1.807, 2.05) is 0 Å². The van der Waals surface area contributed by atoms with Crippen molar-refractivity contribution in [3.63, 3.8) is 0 Å². The number of nitrogens with one attached hydrogen (secondary N) is 1. The zero-order valence-corrected chi connectivity index (χ0v) is 48.5. The lowest BCUT2D eigenvalue weighted by Gasteiger charge is -2.48. The minimum absolute atomic E-state index is 0.250. The summed E-state index contributed by atoms with van der Waals surface area (Å²) in [6, 6.07) is -0.889. The highest BCUT2D eigenvalue weighted by Crippen LogP contribution is 2.33. The maximum atomic E-state index is 13.3. The Morgan fingerprint density at radius 1 is 0.463 bits per heavy atom. The molecule has 3 rings (SSSR count). The Morgan fingerprint density at radius 2 is 0.863 bits per heavy atom. The maximum Gasteiger partial charge on any atom is 0.220 e. The summed E-state index contributed by atoms with van der Waals surface area (Å²) in [5.74, 6) is -0.250. The molecule has 80 heavy (non-hydrogen) atoms. The average Bonchev–Trinajstić information content (AvgIpc) is 3.45. The molecule has 0 spiro atoms. The van der Waals surface area contributed by atoms with Gasteiger partial charge >= 0.3 is 0 Å². The van der Waals surface area contributed by atoms with Gasteiger partial charge in [-0.15, -0.1) is 0 Å². The molecule has 1 amide bonds. The Kier molecular flexibility index (Phi) is 39.8. The average molecular weight is 1140 g/mol. The molecule has 0 bridgehead atoms. The van der Waals surface area contributed by atoms with E-state index < -0.39 is 124 Å². The van der Waals surface area contributed by atoms with Crippen LogP contribution in [0.5, 0.6) is 0 Å². The normalized spacial score (nSPS) is 30.3. The third-order valence-electron chi connectivity index (χ3n) is 15.4. The Hall–Kier alpha value is -2.25. The lowest BCUT2D eigenvalue weighted by atomic mass is 9.96. The first kappa shape index (κ1) is 72.0. The lowest BCUT2D eigenvalue weighted by Crippen LogP contribution is -2.66. The van der Waals surface area contributed by atoms with E-state index in [1.54, 1.807) is 0 Å². The molecule has 466 valence electrons. The fourth-order valence-electron chi connectivity index (χ4n) is 10.4. The van der Waals surface area contributed by atoms with Crippen LogP contribution >= 0.6 is 0 Å². The SMILES string of the molecule is CC/C=C\C/C=C\C/C=C\C/C=C\CCCCCCCCCCCCC(=O)NC(COC1OC(CO)C(OC2OC(CO)C(OC3OC(CO)C(O)C(O)C3O)C(O)C2O)C(O)C1O)C(O)CCCCCCCCCCCCCC. The van der Waals surface area contributed by atoms with E-state index in [0.29, 0.717) is 12.8 Å². The maximum absolute atomic E-state index is 13.3. The highest BCUT2D eigenvalue weighted by atomic mass is 16.8. The summed E-state index contributed by atoms with van der Waals surface area (Å²) in [4.78, 5) is 13.3. The monoisotopic (exact) mass is 1140 g/mol. The van der Waals surface area contributed by atoms with Gasteiger partial charge in [0.1, 0.15) is 73.2 Å². The number of rotatable bonds is 45. The van der Waals surface area contributed by atoms with Gasteiger partial charge in [-0.3, -0.25) is 4.79 Å². The minimum atomic E-state index is -1.97.